The van der Waals surface area contributed by atoms with Gasteiger partial charge in [0, 0.05) is 14.1 Å². The molecule has 2 rings (SSSR count). The maximum absolute atomic E-state index is 5.97. The zero-order chi connectivity index (χ0) is 13.1. The van der Waals surface area contributed by atoms with Gasteiger partial charge in [-0.25, -0.2) is 4.98 Å². The molecule has 1 heterocycles. The SMILES string of the molecule is Cc1ccc(Oc2ncnc(N(C)C)c2N)cc1. The molecule has 94 valence electrons. The second-order valence-corrected chi connectivity index (χ2v) is 4.23. The lowest BCUT2D eigenvalue weighted by atomic mass is 10.2. The van der Waals surface area contributed by atoms with Crippen molar-refractivity contribution in [3.63, 3.8) is 0 Å². The third-order valence-electron chi connectivity index (χ3n) is 2.49. The van der Waals surface area contributed by atoms with E-state index < -0.39 is 0 Å². The average Bonchev–Trinajstić information content (AvgIpc) is 2.34. The highest BCUT2D eigenvalue weighted by molar-refractivity contribution is 5.67. The van der Waals surface area contributed by atoms with Crippen LogP contribution < -0.4 is 15.4 Å². The van der Waals surface area contributed by atoms with Crippen LogP contribution >= 0.6 is 0 Å². The van der Waals surface area contributed by atoms with Crippen LogP contribution in [0.25, 0.3) is 0 Å². The van der Waals surface area contributed by atoms with Crippen LogP contribution in [0.5, 0.6) is 11.6 Å². The zero-order valence-electron chi connectivity index (χ0n) is 10.7. The van der Waals surface area contributed by atoms with Crippen LogP contribution in [-0.2, 0) is 0 Å². The van der Waals surface area contributed by atoms with Gasteiger partial charge < -0.3 is 15.4 Å². The standard InChI is InChI=1S/C13H16N4O/c1-9-4-6-10(7-5-9)18-13-11(14)12(17(2)3)15-8-16-13/h4-8H,14H2,1-3H3. The topological polar surface area (TPSA) is 64.3 Å². The second kappa shape index (κ2) is 4.91. The molecular weight excluding hydrogens is 228 g/mol. The predicted octanol–water partition coefficient (Wildman–Crippen LogP) is 2.23. The molecule has 2 N–H and O–H groups in total. The molecule has 0 aliphatic rings. The number of hydrogen-bond donors (Lipinski definition) is 1. The van der Waals surface area contributed by atoms with Crippen LogP contribution in [0.2, 0.25) is 0 Å². The van der Waals surface area contributed by atoms with Crippen molar-refractivity contribution in [2.45, 2.75) is 6.92 Å². The Hall–Kier alpha value is -2.30. The van der Waals surface area contributed by atoms with Crippen LogP contribution in [0.15, 0.2) is 30.6 Å². The smallest absolute Gasteiger partial charge is 0.248 e. The van der Waals surface area contributed by atoms with Crippen molar-refractivity contribution in [3.05, 3.63) is 36.2 Å². The van der Waals surface area contributed by atoms with E-state index in [1.54, 1.807) is 0 Å². The van der Waals surface area contributed by atoms with Crippen molar-refractivity contribution in [1.29, 1.82) is 0 Å². The van der Waals surface area contributed by atoms with Crippen molar-refractivity contribution in [3.8, 4) is 11.6 Å². The summed E-state index contributed by atoms with van der Waals surface area (Å²) in [6, 6.07) is 7.71. The van der Waals surface area contributed by atoms with E-state index in [1.165, 1.54) is 11.9 Å². The average molecular weight is 244 g/mol. The van der Waals surface area contributed by atoms with E-state index in [0.29, 0.717) is 23.1 Å². The Labute approximate surface area is 106 Å². The fraction of sp³-hybridized carbons (Fsp3) is 0.231. The highest BCUT2D eigenvalue weighted by atomic mass is 16.5. The molecule has 0 aliphatic carbocycles. The minimum Gasteiger partial charge on any atom is -0.437 e. The first kappa shape index (κ1) is 12.2. The van der Waals surface area contributed by atoms with E-state index in [1.807, 2.05) is 50.2 Å². The molecule has 5 nitrogen and oxygen atoms in total. The van der Waals surface area contributed by atoms with E-state index in [-0.39, 0.29) is 0 Å². The fourth-order valence-electron chi connectivity index (χ4n) is 1.53. The summed E-state index contributed by atoms with van der Waals surface area (Å²) in [4.78, 5) is 9.98. The molecule has 0 saturated heterocycles. The Morgan fingerprint density at radius 1 is 1.11 bits per heavy atom. The zero-order valence-corrected chi connectivity index (χ0v) is 10.7. The molecule has 5 heteroatoms. The molecule has 1 aromatic carbocycles. The molecular formula is C13H16N4O. The van der Waals surface area contributed by atoms with Crippen molar-refractivity contribution in [2.75, 3.05) is 24.7 Å². The van der Waals surface area contributed by atoms with Gasteiger partial charge >= 0.3 is 0 Å². The van der Waals surface area contributed by atoms with E-state index in [4.69, 9.17) is 10.5 Å². The molecule has 0 atom stereocenters. The van der Waals surface area contributed by atoms with Gasteiger partial charge in [0.05, 0.1) is 0 Å². The minimum atomic E-state index is 0.373. The molecule has 2 aromatic rings. The van der Waals surface area contributed by atoms with Crippen LogP contribution in [0.4, 0.5) is 11.5 Å². The largest absolute Gasteiger partial charge is 0.437 e. The summed E-state index contributed by atoms with van der Waals surface area (Å²) in [6.07, 6.45) is 1.44. The van der Waals surface area contributed by atoms with Gasteiger partial charge in [-0.2, -0.15) is 4.98 Å². The van der Waals surface area contributed by atoms with Gasteiger partial charge in [0.15, 0.2) is 5.82 Å². The van der Waals surface area contributed by atoms with Crippen molar-refractivity contribution in [2.24, 2.45) is 0 Å². The van der Waals surface area contributed by atoms with E-state index >= 15 is 0 Å². The molecule has 1 aromatic heterocycles. The molecule has 0 bridgehead atoms. The number of aromatic nitrogens is 2. The van der Waals surface area contributed by atoms with Gasteiger partial charge in [0.1, 0.15) is 17.8 Å². The predicted molar refractivity (Wildman–Crippen MR) is 72.0 cm³/mol. The van der Waals surface area contributed by atoms with Gasteiger partial charge in [0.2, 0.25) is 5.88 Å². The van der Waals surface area contributed by atoms with Crippen LogP contribution in [0.3, 0.4) is 0 Å². The molecule has 0 fully saturated rings. The molecule has 18 heavy (non-hydrogen) atoms. The van der Waals surface area contributed by atoms with Gasteiger partial charge in [-0.15, -0.1) is 0 Å². The first-order valence-electron chi connectivity index (χ1n) is 5.60. The first-order chi connectivity index (χ1) is 8.58. The lowest BCUT2D eigenvalue weighted by molar-refractivity contribution is 0.464. The number of nitrogen functional groups attached to an aromatic ring is 1. The third kappa shape index (κ3) is 2.51. The third-order valence-corrected chi connectivity index (χ3v) is 2.49. The molecule has 0 aliphatic heterocycles. The van der Waals surface area contributed by atoms with Gasteiger partial charge in [-0.3, -0.25) is 0 Å². The van der Waals surface area contributed by atoms with E-state index in [0.717, 1.165) is 0 Å². The highest BCUT2D eigenvalue weighted by Crippen LogP contribution is 2.30. The second-order valence-electron chi connectivity index (χ2n) is 4.23. The lowest BCUT2D eigenvalue weighted by Gasteiger charge is -2.15. The number of nitrogens with zero attached hydrogens (tertiary/aromatic N) is 3. The van der Waals surface area contributed by atoms with Crippen LogP contribution in [0.1, 0.15) is 5.56 Å². The molecule has 0 radical (unpaired) electrons. The molecule has 0 saturated carbocycles. The van der Waals surface area contributed by atoms with Gasteiger partial charge in [-0.05, 0) is 19.1 Å². The lowest BCUT2D eigenvalue weighted by Crippen LogP contribution is -2.14. The normalized spacial score (nSPS) is 10.2. The summed E-state index contributed by atoms with van der Waals surface area (Å²) in [5, 5.41) is 0. The van der Waals surface area contributed by atoms with Crippen molar-refractivity contribution in [1.82, 2.24) is 9.97 Å². The summed E-state index contributed by atoms with van der Waals surface area (Å²) in [7, 11) is 3.74. The van der Waals surface area contributed by atoms with Gasteiger partial charge in [-0.1, -0.05) is 17.7 Å². The van der Waals surface area contributed by atoms with Crippen molar-refractivity contribution < 1.29 is 4.74 Å². The highest BCUT2D eigenvalue weighted by Gasteiger charge is 2.11. The summed E-state index contributed by atoms with van der Waals surface area (Å²) in [5.41, 5.74) is 7.58. The quantitative estimate of drug-likeness (QED) is 0.896. The molecule has 0 spiro atoms. The van der Waals surface area contributed by atoms with Gasteiger partial charge in [0.25, 0.3) is 0 Å². The minimum absolute atomic E-state index is 0.373. The fourth-order valence-corrected chi connectivity index (χ4v) is 1.53. The number of aryl methyl sites for hydroxylation is 1. The summed E-state index contributed by atoms with van der Waals surface area (Å²) < 4.78 is 5.65. The molecule has 0 amide bonds. The van der Waals surface area contributed by atoms with E-state index in [9.17, 15) is 0 Å². The number of nitrogens with two attached hydrogens (primary N) is 1. The monoisotopic (exact) mass is 244 g/mol. The number of hydrogen-bond acceptors (Lipinski definition) is 5. The Morgan fingerprint density at radius 2 is 1.78 bits per heavy atom. The van der Waals surface area contributed by atoms with Crippen molar-refractivity contribution >= 4 is 11.5 Å². The maximum Gasteiger partial charge on any atom is 0.248 e. The number of benzene rings is 1. The molecule has 0 unspecified atom stereocenters. The Morgan fingerprint density at radius 3 is 2.39 bits per heavy atom. The maximum atomic E-state index is 5.97. The summed E-state index contributed by atoms with van der Waals surface area (Å²) in [6.45, 7) is 2.02. The van der Waals surface area contributed by atoms with E-state index in [2.05, 4.69) is 9.97 Å². The first-order valence-corrected chi connectivity index (χ1v) is 5.60. The number of rotatable bonds is 3. The summed E-state index contributed by atoms with van der Waals surface area (Å²) >= 11 is 0. The summed E-state index contributed by atoms with van der Waals surface area (Å²) in [5.74, 6) is 1.72. The Balaban J connectivity index is 2.29. The Bertz CT molecular complexity index is 537. The van der Waals surface area contributed by atoms with Crippen LogP contribution in [0, 0.1) is 6.92 Å². The Kier molecular flexibility index (Phi) is 3.32. The van der Waals surface area contributed by atoms with Crippen LogP contribution in [-0.4, -0.2) is 24.1 Å². The number of ether oxygens (including phenoxy) is 1. The number of anilines is 2.